The second-order valence-corrected chi connectivity index (χ2v) is 10.2. The number of para-hydroxylation sites is 1. The molecule has 2 aliphatic heterocycles. The minimum absolute atomic E-state index is 0.0170. The molecule has 2 saturated heterocycles. The average Bonchev–Trinajstić information content (AvgIpc) is 3.29. The summed E-state index contributed by atoms with van der Waals surface area (Å²) in [7, 11) is -1.91. The van der Waals surface area contributed by atoms with Gasteiger partial charge in [0.1, 0.15) is 12.4 Å². The number of benzene rings is 1. The number of sulfonamides is 1. The first kappa shape index (κ1) is 21.5. The van der Waals surface area contributed by atoms with Gasteiger partial charge in [-0.2, -0.15) is 4.31 Å². The number of anilines is 1. The first-order valence-electron chi connectivity index (χ1n) is 10.4. The van der Waals surface area contributed by atoms with Crippen LogP contribution in [0.2, 0.25) is 0 Å². The lowest BCUT2D eigenvalue weighted by atomic mass is 10.1. The van der Waals surface area contributed by atoms with Crippen molar-refractivity contribution in [2.45, 2.75) is 43.7 Å². The van der Waals surface area contributed by atoms with Crippen LogP contribution in [0.25, 0.3) is 0 Å². The number of aromatic nitrogens is 2. The number of piperidine rings is 1. The highest BCUT2D eigenvalue weighted by molar-refractivity contribution is 7.89. The summed E-state index contributed by atoms with van der Waals surface area (Å²) in [5.74, 6) is 0.572. The van der Waals surface area contributed by atoms with E-state index in [1.165, 1.54) is 9.21 Å². The predicted octanol–water partition coefficient (Wildman–Crippen LogP) is 2.17. The minimum Gasteiger partial charge on any atom is -0.336 e. The largest absolute Gasteiger partial charge is 0.336 e. The van der Waals surface area contributed by atoms with Gasteiger partial charge >= 0.3 is 6.03 Å². The number of amides is 3. The zero-order valence-electron chi connectivity index (χ0n) is 17.9. The maximum absolute atomic E-state index is 13.1. The van der Waals surface area contributed by atoms with E-state index in [1.54, 1.807) is 47.0 Å². The SMILES string of the molecule is CC(C)c1nc(S(=O)(=O)N2CCC(N3CC(=O)N(c4ccccc4)C3=O)CC2)cn1C. The zero-order valence-corrected chi connectivity index (χ0v) is 18.7. The van der Waals surface area contributed by atoms with Crippen LogP contribution in [-0.2, 0) is 21.9 Å². The van der Waals surface area contributed by atoms with Crippen LogP contribution in [0.3, 0.4) is 0 Å². The van der Waals surface area contributed by atoms with Gasteiger partial charge < -0.3 is 9.47 Å². The number of hydrogen-bond acceptors (Lipinski definition) is 5. The van der Waals surface area contributed by atoms with Crippen molar-refractivity contribution in [2.24, 2.45) is 7.05 Å². The Kier molecular flexibility index (Phi) is 5.61. The molecule has 0 aliphatic carbocycles. The lowest BCUT2D eigenvalue weighted by Gasteiger charge is -2.35. The highest BCUT2D eigenvalue weighted by atomic mass is 32.2. The topological polar surface area (TPSA) is 95.8 Å². The fraction of sp³-hybridized carbons (Fsp3) is 0.476. The quantitative estimate of drug-likeness (QED) is 0.657. The zero-order chi connectivity index (χ0) is 22.3. The Morgan fingerprint density at radius 3 is 2.29 bits per heavy atom. The second kappa shape index (κ2) is 8.08. The van der Waals surface area contributed by atoms with Gasteiger partial charge in [-0.3, -0.25) is 4.79 Å². The van der Waals surface area contributed by atoms with Crippen molar-refractivity contribution in [3.05, 3.63) is 42.4 Å². The molecule has 0 bridgehead atoms. The smallest absolute Gasteiger partial charge is 0.332 e. The molecule has 4 rings (SSSR count). The third-order valence-electron chi connectivity index (χ3n) is 5.88. The third kappa shape index (κ3) is 3.85. The van der Waals surface area contributed by atoms with Crippen molar-refractivity contribution in [3.63, 3.8) is 0 Å². The van der Waals surface area contributed by atoms with E-state index in [0.29, 0.717) is 18.5 Å². The molecule has 2 aliphatic rings. The molecular weight excluding hydrogens is 418 g/mol. The summed E-state index contributed by atoms with van der Waals surface area (Å²) >= 11 is 0. The van der Waals surface area contributed by atoms with Gasteiger partial charge in [0.15, 0.2) is 5.03 Å². The third-order valence-corrected chi connectivity index (χ3v) is 7.65. The molecule has 3 heterocycles. The normalized spacial score (nSPS) is 19.1. The average molecular weight is 446 g/mol. The van der Waals surface area contributed by atoms with Crippen LogP contribution >= 0.6 is 0 Å². The molecule has 166 valence electrons. The van der Waals surface area contributed by atoms with Gasteiger partial charge in [-0.25, -0.2) is 23.1 Å². The number of rotatable bonds is 5. The van der Waals surface area contributed by atoms with Crippen LogP contribution in [0.5, 0.6) is 0 Å². The van der Waals surface area contributed by atoms with Gasteiger partial charge in [0.05, 0.1) is 5.69 Å². The standard InChI is InChI=1S/C21H27N5O4S/c1-15(2)20-22-18(13-23(20)3)31(29,30)24-11-9-16(10-12-24)25-14-19(27)26(21(25)28)17-7-5-4-6-8-17/h4-8,13,15-16H,9-12,14H2,1-3H3. The van der Waals surface area contributed by atoms with Crippen LogP contribution in [0.4, 0.5) is 10.5 Å². The monoisotopic (exact) mass is 445 g/mol. The molecule has 0 saturated carbocycles. The van der Waals surface area contributed by atoms with E-state index in [9.17, 15) is 18.0 Å². The molecule has 9 nitrogen and oxygen atoms in total. The van der Waals surface area contributed by atoms with E-state index >= 15 is 0 Å². The fourth-order valence-corrected chi connectivity index (χ4v) is 5.73. The fourth-order valence-electron chi connectivity index (χ4n) is 4.28. The predicted molar refractivity (Wildman–Crippen MR) is 115 cm³/mol. The Balaban J connectivity index is 1.45. The molecule has 1 aromatic heterocycles. The number of urea groups is 1. The highest BCUT2D eigenvalue weighted by Gasteiger charge is 2.42. The number of aryl methyl sites for hydroxylation is 1. The molecular formula is C21H27N5O4S. The van der Waals surface area contributed by atoms with Crippen LogP contribution in [0, 0.1) is 0 Å². The van der Waals surface area contributed by atoms with Crippen LogP contribution in [-0.4, -0.2) is 64.8 Å². The number of imidazole rings is 1. The molecule has 0 atom stereocenters. The van der Waals surface area contributed by atoms with Gasteiger partial charge in [0, 0.05) is 38.3 Å². The van der Waals surface area contributed by atoms with E-state index in [-0.39, 0.29) is 48.6 Å². The first-order chi connectivity index (χ1) is 14.7. The van der Waals surface area contributed by atoms with Crippen LogP contribution < -0.4 is 4.90 Å². The molecule has 31 heavy (non-hydrogen) atoms. The number of carbonyl (C=O) groups is 2. The molecule has 1 aromatic carbocycles. The maximum Gasteiger partial charge on any atom is 0.332 e. The summed E-state index contributed by atoms with van der Waals surface area (Å²) in [6, 6.07) is 8.33. The van der Waals surface area contributed by atoms with Gasteiger partial charge in [-0.1, -0.05) is 32.0 Å². The van der Waals surface area contributed by atoms with Crippen molar-refractivity contribution in [2.75, 3.05) is 24.5 Å². The molecule has 2 fully saturated rings. The summed E-state index contributed by atoms with van der Waals surface area (Å²) in [5.41, 5.74) is 0.552. The number of imide groups is 1. The van der Waals surface area contributed by atoms with Gasteiger partial charge in [0.25, 0.3) is 15.9 Å². The van der Waals surface area contributed by atoms with E-state index in [1.807, 2.05) is 19.9 Å². The lowest BCUT2D eigenvalue weighted by molar-refractivity contribution is -0.116. The van der Waals surface area contributed by atoms with Crippen LogP contribution in [0.15, 0.2) is 41.6 Å². The molecule has 0 radical (unpaired) electrons. The minimum atomic E-state index is -3.70. The lowest BCUT2D eigenvalue weighted by Crippen LogP contribution is -2.48. The summed E-state index contributed by atoms with van der Waals surface area (Å²) in [6.45, 7) is 4.52. The van der Waals surface area contributed by atoms with E-state index < -0.39 is 10.0 Å². The molecule has 0 unspecified atom stereocenters. The van der Waals surface area contributed by atoms with Crippen molar-refractivity contribution in [3.8, 4) is 0 Å². The molecule has 2 aromatic rings. The molecule has 0 N–H and O–H groups in total. The Morgan fingerprint density at radius 1 is 1.06 bits per heavy atom. The summed E-state index contributed by atoms with van der Waals surface area (Å²) in [4.78, 5) is 32.5. The van der Waals surface area contributed by atoms with Crippen molar-refractivity contribution in [1.29, 1.82) is 0 Å². The highest BCUT2D eigenvalue weighted by Crippen LogP contribution is 2.28. The maximum atomic E-state index is 13.1. The van der Waals surface area contributed by atoms with E-state index in [2.05, 4.69) is 4.98 Å². The first-order valence-corrected chi connectivity index (χ1v) is 11.9. The Bertz CT molecular complexity index is 1090. The summed E-state index contributed by atoms with van der Waals surface area (Å²) in [6.07, 6.45) is 2.51. The van der Waals surface area contributed by atoms with Gasteiger partial charge in [-0.15, -0.1) is 0 Å². The number of carbonyl (C=O) groups excluding carboxylic acids is 2. The molecule has 3 amide bonds. The Morgan fingerprint density at radius 2 is 1.71 bits per heavy atom. The number of nitrogens with zero attached hydrogens (tertiary/aromatic N) is 5. The summed E-state index contributed by atoms with van der Waals surface area (Å²) < 4.78 is 29.3. The van der Waals surface area contributed by atoms with Gasteiger partial charge in [-0.05, 0) is 25.0 Å². The van der Waals surface area contributed by atoms with Crippen molar-refractivity contribution in [1.82, 2.24) is 18.8 Å². The van der Waals surface area contributed by atoms with E-state index in [4.69, 9.17) is 0 Å². The summed E-state index contributed by atoms with van der Waals surface area (Å²) in [5, 5.41) is 0.0554. The van der Waals surface area contributed by atoms with Crippen molar-refractivity contribution >= 4 is 27.6 Å². The molecule has 10 heteroatoms. The molecule has 0 spiro atoms. The van der Waals surface area contributed by atoms with Crippen LogP contribution in [0.1, 0.15) is 38.4 Å². The second-order valence-electron chi connectivity index (χ2n) is 8.31. The number of hydrogen-bond donors (Lipinski definition) is 0. The van der Waals surface area contributed by atoms with Crippen molar-refractivity contribution < 1.29 is 18.0 Å². The van der Waals surface area contributed by atoms with E-state index in [0.717, 1.165) is 5.82 Å². The Hall–Kier alpha value is -2.72. The Labute approximate surface area is 182 Å². The van der Waals surface area contributed by atoms with Gasteiger partial charge in [0.2, 0.25) is 0 Å².